The summed E-state index contributed by atoms with van der Waals surface area (Å²) in [5.74, 6) is -0.555. The Hall–Kier alpha value is -2.83. The maximum Gasteiger partial charge on any atom is 0.290 e. The number of hydrogen-bond acceptors (Lipinski definition) is 5. The standard InChI is InChI=1S/C13H14N4O3/c1-8-7-10(20-17-8)13(18)15-11(12(14)16-19)9-5-3-2-4-6-9/h2-7,11,19H,1H3,(H2,14,16)(H,15,18). The second-order valence-electron chi connectivity index (χ2n) is 4.17. The maximum absolute atomic E-state index is 12.0. The van der Waals surface area contributed by atoms with Gasteiger partial charge in [-0.2, -0.15) is 0 Å². The Morgan fingerprint density at radius 1 is 1.45 bits per heavy atom. The largest absolute Gasteiger partial charge is 0.409 e. The van der Waals surface area contributed by atoms with Crippen molar-refractivity contribution >= 4 is 11.7 Å². The number of amides is 1. The lowest BCUT2D eigenvalue weighted by atomic mass is 10.1. The average molecular weight is 274 g/mol. The van der Waals surface area contributed by atoms with E-state index in [1.807, 2.05) is 6.07 Å². The fourth-order valence-electron chi connectivity index (χ4n) is 1.70. The zero-order valence-electron chi connectivity index (χ0n) is 10.8. The summed E-state index contributed by atoms with van der Waals surface area (Å²) in [7, 11) is 0. The molecule has 0 radical (unpaired) electrons. The van der Waals surface area contributed by atoms with Gasteiger partial charge in [0.1, 0.15) is 6.04 Å². The van der Waals surface area contributed by atoms with Crippen LogP contribution in [0.1, 0.15) is 27.9 Å². The van der Waals surface area contributed by atoms with Gasteiger partial charge in [-0.15, -0.1) is 0 Å². The third-order valence-corrected chi connectivity index (χ3v) is 2.67. The molecule has 0 aliphatic rings. The molecule has 0 spiro atoms. The molecule has 20 heavy (non-hydrogen) atoms. The molecule has 0 fully saturated rings. The Balaban J connectivity index is 2.23. The van der Waals surface area contributed by atoms with Crippen molar-refractivity contribution in [2.75, 3.05) is 0 Å². The number of nitrogens with zero attached hydrogens (tertiary/aromatic N) is 2. The quantitative estimate of drug-likeness (QED) is 0.335. The first kappa shape index (κ1) is 13.6. The van der Waals surface area contributed by atoms with Crippen molar-refractivity contribution in [1.29, 1.82) is 0 Å². The fraction of sp³-hybridized carbons (Fsp3) is 0.154. The molecule has 0 saturated carbocycles. The number of nitrogens with two attached hydrogens (primary N) is 1. The minimum Gasteiger partial charge on any atom is -0.409 e. The molecule has 1 aromatic carbocycles. The van der Waals surface area contributed by atoms with Crippen LogP contribution in [0.4, 0.5) is 0 Å². The van der Waals surface area contributed by atoms with Crippen LogP contribution in [-0.4, -0.2) is 22.1 Å². The number of aryl methyl sites for hydroxylation is 1. The van der Waals surface area contributed by atoms with Gasteiger partial charge in [-0.25, -0.2) is 0 Å². The van der Waals surface area contributed by atoms with Gasteiger partial charge in [0.15, 0.2) is 5.84 Å². The highest BCUT2D eigenvalue weighted by Gasteiger charge is 2.21. The number of aromatic nitrogens is 1. The SMILES string of the molecule is Cc1cc(C(=O)NC(C(N)=NO)c2ccccc2)on1. The highest BCUT2D eigenvalue weighted by Crippen LogP contribution is 2.14. The van der Waals surface area contributed by atoms with Crippen LogP contribution < -0.4 is 11.1 Å². The minimum absolute atomic E-state index is 0.0640. The molecule has 104 valence electrons. The van der Waals surface area contributed by atoms with Crippen molar-refractivity contribution in [3.05, 3.63) is 53.4 Å². The normalized spacial score (nSPS) is 12.9. The van der Waals surface area contributed by atoms with E-state index in [9.17, 15) is 4.79 Å². The molecule has 1 amide bonds. The lowest BCUT2D eigenvalue weighted by Gasteiger charge is -2.16. The van der Waals surface area contributed by atoms with Crippen LogP contribution >= 0.6 is 0 Å². The van der Waals surface area contributed by atoms with E-state index in [1.165, 1.54) is 6.07 Å². The number of amidine groups is 1. The van der Waals surface area contributed by atoms with E-state index in [0.717, 1.165) is 0 Å². The van der Waals surface area contributed by atoms with E-state index in [-0.39, 0.29) is 11.6 Å². The Bertz CT molecular complexity index is 622. The van der Waals surface area contributed by atoms with Crippen LogP contribution in [0.25, 0.3) is 0 Å². The lowest BCUT2D eigenvalue weighted by molar-refractivity contribution is 0.0909. The third-order valence-electron chi connectivity index (χ3n) is 2.67. The lowest BCUT2D eigenvalue weighted by Crippen LogP contribution is -2.37. The molecule has 0 aliphatic heterocycles. The van der Waals surface area contributed by atoms with Crippen molar-refractivity contribution in [2.45, 2.75) is 13.0 Å². The Kier molecular flexibility index (Phi) is 3.99. The maximum atomic E-state index is 12.0. The second kappa shape index (κ2) is 5.87. The number of benzene rings is 1. The molecule has 1 atom stereocenters. The van der Waals surface area contributed by atoms with Crippen LogP contribution in [-0.2, 0) is 0 Å². The molecule has 0 bridgehead atoms. The summed E-state index contributed by atoms with van der Waals surface area (Å²) in [6, 6.07) is 9.68. The van der Waals surface area contributed by atoms with E-state index >= 15 is 0 Å². The highest BCUT2D eigenvalue weighted by molar-refractivity contribution is 5.96. The summed E-state index contributed by atoms with van der Waals surface area (Å²) in [5, 5.41) is 18.0. The monoisotopic (exact) mass is 274 g/mol. The minimum atomic E-state index is -0.751. The summed E-state index contributed by atoms with van der Waals surface area (Å²) >= 11 is 0. The van der Waals surface area contributed by atoms with Crippen LogP contribution in [0.15, 0.2) is 46.1 Å². The second-order valence-corrected chi connectivity index (χ2v) is 4.17. The van der Waals surface area contributed by atoms with Gasteiger partial charge in [-0.3, -0.25) is 4.79 Å². The predicted molar refractivity (Wildman–Crippen MR) is 71.3 cm³/mol. The van der Waals surface area contributed by atoms with Crippen molar-refractivity contribution < 1.29 is 14.5 Å². The van der Waals surface area contributed by atoms with Gasteiger partial charge in [-0.1, -0.05) is 40.6 Å². The van der Waals surface area contributed by atoms with Crippen LogP contribution in [0.3, 0.4) is 0 Å². The van der Waals surface area contributed by atoms with Gasteiger partial charge in [0.25, 0.3) is 5.91 Å². The van der Waals surface area contributed by atoms with E-state index in [4.69, 9.17) is 15.5 Å². The summed E-state index contributed by atoms with van der Waals surface area (Å²) in [6.45, 7) is 1.71. The van der Waals surface area contributed by atoms with Gasteiger partial charge < -0.3 is 20.8 Å². The molecule has 7 heteroatoms. The molecule has 4 N–H and O–H groups in total. The molecular formula is C13H14N4O3. The Morgan fingerprint density at radius 3 is 2.70 bits per heavy atom. The Labute approximate surface area is 115 Å². The fourth-order valence-corrected chi connectivity index (χ4v) is 1.70. The number of carbonyl (C=O) groups excluding carboxylic acids is 1. The first-order chi connectivity index (χ1) is 9.61. The highest BCUT2D eigenvalue weighted by atomic mass is 16.5. The van der Waals surface area contributed by atoms with Crippen LogP contribution in [0.2, 0.25) is 0 Å². The molecule has 1 heterocycles. The summed E-state index contributed by atoms with van der Waals surface area (Å²) in [5.41, 5.74) is 6.90. The van der Waals surface area contributed by atoms with E-state index in [2.05, 4.69) is 15.6 Å². The third kappa shape index (κ3) is 2.94. The zero-order valence-corrected chi connectivity index (χ0v) is 10.8. The zero-order chi connectivity index (χ0) is 14.5. The number of oxime groups is 1. The van der Waals surface area contributed by atoms with Crippen molar-refractivity contribution in [3.63, 3.8) is 0 Å². The van der Waals surface area contributed by atoms with Gasteiger partial charge >= 0.3 is 0 Å². The molecule has 0 saturated heterocycles. The predicted octanol–water partition coefficient (Wildman–Crippen LogP) is 1.20. The summed E-state index contributed by atoms with van der Waals surface area (Å²) < 4.78 is 4.87. The molecule has 0 aliphatic carbocycles. The smallest absolute Gasteiger partial charge is 0.290 e. The first-order valence-electron chi connectivity index (χ1n) is 5.88. The number of hydrogen-bond donors (Lipinski definition) is 3. The van der Waals surface area contributed by atoms with Gasteiger partial charge in [0, 0.05) is 6.07 Å². The van der Waals surface area contributed by atoms with Crippen LogP contribution in [0.5, 0.6) is 0 Å². The number of nitrogens with one attached hydrogen (secondary N) is 1. The van der Waals surface area contributed by atoms with E-state index in [1.54, 1.807) is 31.2 Å². The van der Waals surface area contributed by atoms with Crippen molar-refractivity contribution in [2.24, 2.45) is 10.9 Å². The molecular weight excluding hydrogens is 260 g/mol. The summed E-state index contributed by atoms with van der Waals surface area (Å²) in [4.78, 5) is 12.0. The van der Waals surface area contributed by atoms with Gasteiger partial charge in [0.2, 0.25) is 5.76 Å². The first-order valence-corrected chi connectivity index (χ1v) is 5.88. The van der Waals surface area contributed by atoms with E-state index < -0.39 is 11.9 Å². The molecule has 7 nitrogen and oxygen atoms in total. The topological polar surface area (TPSA) is 114 Å². The van der Waals surface area contributed by atoms with Gasteiger partial charge in [0.05, 0.1) is 5.69 Å². The van der Waals surface area contributed by atoms with E-state index in [0.29, 0.717) is 11.3 Å². The van der Waals surface area contributed by atoms with Crippen molar-refractivity contribution in [1.82, 2.24) is 10.5 Å². The summed E-state index contributed by atoms with van der Waals surface area (Å²) in [6.07, 6.45) is 0. The number of rotatable bonds is 4. The van der Waals surface area contributed by atoms with Crippen LogP contribution in [0, 0.1) is 6.92 Å². The average Bonchev–Trinajstić information content (AvgIpc) is 2.91. The molecule has 2 rings (SSSR count). The van der Waals surface area contributed by atoms with Crippen molar-refractivity contribution in [3.8, 4) is 0 Å². The molecule has 1 unspecified atom stereocenters. The van der Waals surface area contributed by atoms with Gasteiger partial charge in [-0.05, 0) is 12.5 Å². The molecule has 1 aromatic heterocycles. The Morgan fingerprint density at radius 2 is 2.15 bits per heavy atom. The molecule has 2 aromatic rings. The number of carbonyl (C=O) groups is 1.